The second-order valence-corrected chi connectivity index (χ2v) is 5.94. The van der Waals surface area contributed by atoms with E-state index in [-0.39, 0.29) is 18.3 Å². The summed E-state index contributed by atoms with van der Waals surface area (Å²) in [6, 6.07) is 15.8. The first-order valence-corrected chi connectivity index (χ1v) is 8.49. The number of pyridine rings is 1. The number of rotatable bonds is 7. The molecule has 0 unspecified atom stereocenters. The third-order valence-corrected chi connectivity index (χ3v) is 4.05. The Bertz CT molecular complexity index is 913. The quantitative estimate of drug-likeness (QED) is 0.669. The summed E-state index contributed by atoms with van der Waals surface area (Å²) >= 11 is 0. The normalized spacial score (nSPS) is 10.3. The van der Waals surface area contributed by atoms with Crippen LogP contribution in [0.3, 0.4) is 0 Å². The van der Waals surface area contributed by atoms with Gasteiger partial charge in [0.15, 0.2) is 0 Å². The molecule has 3 rings (SSSR count). The molecule has 1 amide bonds. The van der Waals surface area contributed by atoms with Crippen LogP contribution in [0.1, 0.15) is 21.5 Å². The van der Waals surface area contributed by atoms with Crippen molar-refractivity contribution in [2.75, 3.05) is 12.4 Å². The maximum atomic E-state index is 13.6. The lowest BCUT2D eigenvalue weighted by atomic mass is 10.2. The number of carbonyl (C=O) groups excluding carboxylic acids is 1. The summed E-state index contributed by atoms with van der Waals surface area (Å²) in [5, 5.41) is 5.94. The van der Waals surface area contributed by atoms with E-state index in [1.54, 1.807) is 37.6 Å². The fourth-order valence-electron chi connectivity index (χ4n) is 2.53. The molecule has 138 valence electrons. The van der Waals surface area contributed by atoms with Crippen LogP contribution in [0.15, 0.2) is 67.0 Å². The van der Waals surface area contributed by atoms with E-state index in [0.29, 0.717) is 17.7 Å². The zero-order chi connectivity index (χ0) is 19.1. The highest BCUT2D eigenvalue weighted by Gasteiger charge is 2.08. The maximum Gasteiger partial charge on any atom is 0.253 e. The Balaban J connectivity index is 1.58. The number of nitrogens with zero attached hydrogens (tertiary/aromatic N) is 1. The molecule has 1 heterocycles. The molecule has 2 N–H and O–H groups in total. The molecular weight excluding hydrogens is 345 g/mol. The van der Waals surface area contributed by atoms with Gasteiger partial charge in [-0.1, -0.05) is 30.3 Å². The molecular formula is C21H20FN3O2. The average Bonchev–Trinajstić information content (AvgIpc) is 2.72. The number of nitrogens with one attached hydrogen (secondary N) is 2. The summed E-state index contributed by atoms with van der Waals surface area (Å²) in [5.41, 5.74) is 2.65. The molecule has 2 aromatic carbocycles. The van der Waals surface area contributed by atoms with Crippen molar-refractivity contribution < 1.29 is 13.9 Å². The molecule has 0 saturated heterocycles. The molecule has 0 atom stereocenters. The van der Waals surface area contributed by atoms with Crippen molar-refractivity contribution in [2.45, 2.75) is 13.1 Å². The summed E-state index contributed by atoms with van der Waals surface area (Å²) in [5.74, 6) is 0.152. The van der Waals surface area contributed by atoms with Gasteiger partial charge in [0.1, 0.15) is 11.6 Å². The number of anilines is 1. The van der Waals surface area contributed by atoms with Gasteiger partial charge >= 0.3 is 0 Å². The second-order valence-electron chi connectivity index (χ2n) is 5.94. The van der Waals surface area contributed by atoms with Crippen LogP contribution < -0.4 is 15.4 Å². The van der Waals surface area contributed by atoms with E-state index in [2.05, 4.69) is 15.6 Å². The first kappa shape index (κ1) is 18.4. The van der Waals surface area contributed by atoms with Gasteiger partial charge in [0.05, 0.1) is 18.4 Å². The van der Waals surface area contributed by atoms with Gasteiger partial charge in [-0.3, -0.25) is 9.78 Å². The molecule has 5 nitrogen and oxygen atoms in total. The van der Waals surface area contributed by atoms with E-state index in [1.807, 2.05) is 24.3 Å². The lowest BCUT2D eigenvalue weighted by molar-refractivity contribution is 0.0950. The van der Waals surface area contributed by atoms with Crippen LogP contribution in [0.2, 0.25) is 0 Å². The summed E-state index contributed by atoms with van der Waals surface area (Å²) in [6.07, 6.45) is 3.13. The SMILES string of the molecule is COc1ccc(CNc2cncc(C(=O)NCc3ccccc3F)c2)cc1. The molecule has 0 saturated carbocycles. The van der Waals surface area contributed by atoms with Gasteiger partial charge in [-0.15, -0.1) is 0 Å². The van der Waals surface area contributed by atoms with Crippen molar-refractivity contribution >= 4 is 11.6 Å². The highest BCUT2D eigenvalue weighted by Crippen LogP contribution is 2.14. The molecule has 0 spiro atoms. The average molecular weight is 365 g/mol. The Kier molecular flexibility index (Phi) is 5.99. The summed E-state index contributed by atoms with van der Waals surface area (Å²) in [4.78, 5) is 16.4. The molecule has 1 aromatic heterocycles. The fraction of sp³-hybridized carbons (Fsp3) is 0.143. The monoisotopic (exact) mass is 365 g/mol. The van der Waals surface area contributed by atoms with Gasteiger partial charge in [0.25, 0.3) is 5.91 Å². The maximum absolute atomic E-state index is 13.6. The Morgan fingerprint density at radius 3 is 2.59 bits per heavy atom. The van der Waals surface area contributed by atoms with E-state index >= 15 is 0 Å². The minimum atomic E-state index is -0.342. The highest BCUT2D eigenvalue weighted by atomic mass is 19.1. The molecule has 27 heavy (non-hydrogen) atoms. The lowest BCUT2D eigenvalue weighted by Gasteiger charge is -2.09. The van der Waals surface area contributed by atoms with Crippen LogP contribution in [-0.4, -0.2) is 18.0 Å². The number of methoxy groups -OCH3 is 1. The molecule has 0 aliphatic rings. The number of benzene rings is 2. The van der Waals surface area contributed by atoms with Crippen LogP contribution in [0.5, 0.6) is 5.75 Å². The number of hydrogen-bond acceptors (Lipinski definition) is 4. The molecule has 0 bridgehead atoms. The predicted molar refractivity (Wildman–Crippen MR) is 102 cm³/mol. The molecule has 0 fully saturated rings. The smallest absolute Gasteiger partial charge is 0.253 e. The van der Waals surface area contributed by atoms with Gasteiger partial charge in [-0.05, 0) is 29.8 Å². The van der Waals surface area contributed by atoms with E-state index in [1.165, 1.54) is 12.3 Å². The third-order valence-electron chi connectivity index (χ3n) is 4.05. The van der Waals surface area contributed by atoms with Crippen LogP contribution in [0.25, 0.3) is 0 Å². The van der Waals surface area contributed by atoms with Crippen molar-refractivity contribution in [1.29, 1.82) is 0 Å². The molecule has 0 radical (unpaired) electrons. The standard InChI is InChI=1S/C21H20FN3O2/c1-27-19-8-6-15(7-9-19)11-24-18-10-17(12-23-14-18)21(26)25-13-16-4-2-3-5-20(16)22/h2-10,12,14,24H,11,13H2,1H3,(H,25,26). The van der Waals surface area contributed by atoms with Gasteiger partial charge in [0, 0.05) is 31.0 Å². The predicted octanol–water partition coefficient (Wildman–Crippen LogP) is 3.77. The van der Waals surface area contributed by atoms with Crippen LogP contribution in [0.4, 0.5) is 10.1 Å². The van der Waals surface area contributed by atoms with E-state index in [9.17, 15) is 9.18 Å². The Hall–Kier alpha value is -3.41. The Morgan fingerprint density at radius 1 is 1.07 bits per heavy atom. The molecule has 0 aliphatic carbocycles. The Morgan fingerprint density at radius 2 is 1.85 bits per heavy atom. The zero-order valence-corrected chi connectivity index (χ0v) is 14.9. The minimum Gasteiger partial charge on any atom is -0.497 e. The minimum absolute atomic E-state index is 0.120. The number of amides is 1. The van der Waals surface area contributed by atoms with Crippen molar-refractivity contribution in [2.24, 2.45) is 0 Å². The number of halogens is 1. The largest absolute Gasteiger partial charge is 0.497 e. The first-order chi connectivity index (χ1) is 13.2. The van der Waals surface area contributed by atoms with Crippen LogP contribution in [-0.2, 0) is 13.1 Å². The number of carbonyl (C=O) groups is 1. The van der Waals surface area contributed by atoms with Gasteiger partial charge in [0.2, 0.25) is 0 Å². The van der Waals surface area contributed by atoms with Gasteiger partial charge < -0.3 is 15.4 Å². The van der Waals surface area contributed by atoms with E-state index in [0.717, 1.165) is 17.0 Å². The summed E-state index contributed by atoms with van der Waals surface area (Å²) in [6.45, 7) is 0.709. The summed E-state index contributed by atoms with van der Waals surface area (Å²) in [7, 11) is 1.63. The first-order valence-electron chi connectivity index (χ1n) is 8.49. The molecule has 3 aromatic rings. The van der Waals surface area contributed by atoms with Gasteiger partial charge in [-0.25, -0.2) is 4.39 Å². The third kappa shape index (κ3) is 5.04. The Labute approximate surface area is 157 Å². The highest BCUT2D eigenvalue weighted by molar-refractivity contribution is 5.94. The van der Waals surface area contributed by atoms with E-state index in [4.69, 9.17) is 4.74 Å². The van der Waals surface area contributed by atoms with Crippen LogP contribution in [0, 0.1) is 5.82 Å². The van der Waals surface area contributed by atoms with Crippen molar-refractivity contribution in [1.82, 2.24) is 10.3 Å². The second kappa shape index (κ2) is 8.80. The number of aromatic nitrogens is 1. The fourth-order valence-corrected chi connectivity index (χ4v) is 2.53. The topological polar surface area (TPSA) is 63.2 Å². The zero-order valence-electron chi connectivity index (χ0n) is 14.9. The van der Waals surface area contributed by atoms with E-state index < -0.39 is 0 Å². The molecule has 6 heteroatoms. The molecule has 0 aliphatic heterocycles. The summed E-state index contributed by atoms with van der Waals surface area (Å²) < 4.78 is 18.8. The van der Waals surface area contributed by atoms with Gasteiger partial charge in [-0.2, -0.15) is 0 Å². The van der Waals surface area contributed by atoms with Crippen LogP contribution >= 0.6 is 0 Å². The lowest BCUT2D eigenvalue weighted by Crippen LogP contribution is -2.23. The van der Waals surface area contributed by atoms with Crippen molar-refractivity contribution in [3.63, 3.8) is 0 Å². The number of hydrogen-bond donors (Lipinski definition) is 2. The van der Waals surface area contributed by atoms with Crippen molar-refractivity contribution in [3.8, 4) is 5.75 Å². The van der Waals surface area contributed by atoms with Crippen molar-refractivity contribution in [3.05, 3.63) is 89.5 Å². The number of ether oxygens (including phenoxy) is 1.